The Morgan fingerprint density at radius 1 is 1.10 bits per heavy atom. The minimum Gasteiger partial charge on any atom is -0.313 e. The van der Waals surface area contributed by atoms with Gasteiger partial charge >= 0.3 is 0 Å². The summed E-state index contributed by atoms with van der Waals surface area (Å²) in [6.07, 6.45) is 2.23. The predicted molar refractivity (Wildman–Crippen MR) is 88.3 cm³/mol. The highest BCUT2D eigenvalue weighted by atomic mass is 15.0. The molecule has 2 N–H and O–H groups in total. The Morgan fingerprint density at radius 3 is 2.71 bits per heavy atom. The summed E-state index contributed by atoms with van der Waals surface area (Å²) < 4.78 is 0. The molecule has 2 heteroatoms. The van der Waals surface area contributed by atoms with Crippen LogP contribution in [0.2, 0.25) is 0 Å². The smallest absolute Gasteiger partial charge is 0.0337 e. The molecule has 1 heterocycles. The Kier molecular flexibility index (Phi) is 4.69. The van der Waals surface area contributed by atoms with Gasteiger partial charge in [0.05, 0.1) is 0 Å². The Balaban J connectivity index is 1.69. The molecule has 0 radical (unpaired) electrons. The van der Waals surface area contributed by atoms with Gasteiger partial charge < -0.3 is 10.6 Å². The average molecular weight is 280 g/mol. The van der Waals surface area contributed by atoms with E-state index < -0.39 is 0 Å². The Bertz CT molecular complexity index is 565. The number of fused-ring (bicyclic) bond motifs is 1. The van der Waals surface area contributed by atoms with Gasteiger partial charge in [-0.15, -0.1) is 0 Å². The second-order valence-corrected chi connectivity index (χ2v) is 5.97. The minimum atomic E-state index is 0.454. The highest BCUT2D eigenvalue weighted by Crippen LogP contribution is 2.24. The summed E-state index contributed by atoms with van der Waals surface area (Å²) in [5, 5.41) is 7.34. The van der Waals surface area contributed by atoms with E-state index in [-0.39, 0.29) is 0 Å². The topological polar surface area (TPSA) is 24.1 Å². The van der Waals surface area contributed by atoms with E-state index in [1.54, 1.807) is 0 Å². The first kappa shape index (κ1) is 14.3. The molecule has 2 aromatic carbocycles. The monoisotopic (exact) mass is 280 g/mol. The van der Waals surface area contributed by atoms with Crippen molar-refractivity contribution in [1.29, 1.82) is 0 Å². The van der Waals surface area contributed by atoms with Gasteiger partial charge in [0.25, 0.3) is 0 Å². The van der Waals surface area contributed by atoms with Crippen LogP contribution in [0.1, 0.15) is 36.1 Å². The molecule has 2 nitrogen and oxygen atoms in total. The van der Waals surface area contributed by atoms with Crippen molar-refractivity contribution in [3.63, 3.8) is 0 Å². The van der Waals surface area contributed by atoms with Crippen molar-refractivity contribution in [2.45, 2.75) is 38.4 Å². The summed E-state index contributed by atoms with van der Waals surface area (Å²) in [6, 6.07) is 20.5. The van der Waals surface area contributed by atoms with Crippen molar-refractivity contribution < 1.29 is 0 Å². The van der Waals surface area contributed by atoms with Gasteiger partial charge in [0.15, 0.2) is 0 Å². The first-order valence-electron chi connectivity index (χ1n) is 7.91. The summed E-state index contributed by atoms with van der Waals surface area (Å²) >= 11 is 0. The predicted octanol–water partition coefficient (Wildman–Crippen LogP) is 3.44. The third-order valence-corrected chi connectivity index (χ3v) is 4.23. The van der Waals surface area contributed by atoms with Crippen molar-refractivity contribution >= 4 is 0 Å². The standard InChI is InChI=1S/C19H24N2/c1-15(13-16-7-3-2-4-8-16)21-19-11-12-20-14-17-9-5-6-10-18(17)19/h2-10,15,19-21H,11-14H2,1H3. The van der Waals surface area contributed by atoms with Crippen LogP contribution in [-0.4, -0.2) is 12.6 Å². The van der Waals surface area contributed by atoms with Crippen LogP contribution < -0.4 is 10.6 Å². The van der Waals surface area contributed by atoms with Crippen LogP contribution in [0, 0.1) is 0 Å². The molecule has 0 saturated carbocycles. The summed E-state index contributed by atoms with van der Waals surface area (Å²) in [7, 11) is 0. The molecule has 0 spiro atoms. The maximum Gasteiger partial charge on any atom is 0.0337 e. The Labute approximate surface area is 127 Å². The number of benzene rings is 2. The molecule has 21 heavy (non-hydrogen) atoms. The zero-order chi connectivity index (χ0) is 14.5. The zero-order valence-corrected chi connectivity index (χ0v) is 12.7. The van der Waals surface area contributed by atoms with Crippen LogP contribution in [0.5, 0.6) is 0 Å². The van der Waals surface area contributed by atoms with Crippen LogP contribution in [0.15, 0.2) is 54.6 Å². The lowest BCUT2D eigenvalue weighted by molar-refractivity contribution is 0.432. The first-order valence-corrected chi connectivity index (χ1v) is 7.91. The SMILES string of the molecule is CC(Cc1ccccc1)NC1CCNCc2ccccc21. The van der Waals surface area contributed by atoms with E-state index in [2.05, 4.69) is 72.2 Å². The van der Waals surface area contributed by atoms with Gasteiger partial charge in [-0.1, -0.05) is 54.6 Å². The van der Waals surface area contributed by atoms with E-state index in [0.717, 1.165) is 25.9 Å². The van der Waals surface area contributed by atoms with E-state index in [0.29, 0.717) is 12.1 Å². The van der Waals surface area contributed by atoms with Gasteiger partial charge in [-0.25, -0.2) is 0 Å². The number of nitrogens with one attached hydrogen (secondary N) is 2. The zero-order valence-electron chi connectivity index (χ0n) is 12.7. The molecule has 110 valence electrons. The molecule has 0 aliphatic carbocycles. The summed E-state index contributed by atoms with van der Waals surface area (Å²) in [4.78, 5) is 0. The van der Waals surface area contributed by atoms with Crippen molar-refractivity contribution in [1.82, 2.24) is 10.6 Å². The Morgan fingerprint density at radius 2 is 1.86 bits per heavy atom. The maximum absolute atomic E-state index is 3.82. The van der Waals surface area contributed by atoms with E-state index in [1.165, 1.54) is 16.7 Å². The van der Waals surface area contributed by atoms with Crippen LogP contribution in [0.3, 0.4) is 0 Å². The fraction of sp³-hybridized carbons (Fsp3) is 0.368. The summed E-state index contributed by atoms with van der Waals surface area (Å²) in [5.74, 6) is 0. The molecule has 2 unspecified atom stereocenters. The minimum absolute atomic E-state index is 0.454. The molecular formula is C19H24N2. The van der Waals surface area contributed by atoms with Gasteiger partial charge in [0, 0.05) is 18.6 Å². The van der Waals surface area contributed by atoms with Crippen molar-refractivity contribution in [3.8, 4) is 0 Å². The lowest BCUT2D eigenvalue weighted by Crippen LogP contribution is -2.33. The molecule has 0 bridgehead atoms. The average Bonchev–Trinajstić information content (AvgIpc) is 2.71. The molecule has 1 aliphatic rings. The third kappa shape index (κ3) is 3.72. The fourth-order valence-corrected chi connectivity index (χ4v) is 3.20. The number of hydrogen-bond acceptors (Lipinski definition) is 2. The molecule has 3 rings (SSSR count). The van der Waals surface area contributed by atoms with Gasteiger partial charge in [0.2, 0.25) is 0 Å². The second kappa shape index (κ2) is 6.88. The van der Waals surface area contributed by atoms with Gasteiger partial charge in [-0.2, -0.15) is 0 Å². The van der Waals surface area contributed by atoms with Gasteiger partial charge in [-0.3, -0.25) is 0 Å². The number of rotatable bonds is 4. The Hall–Kier alpha value is -1.64. The largest absolute Gasteiger partial charge is 0.313 e. The van der Waals surface area contributed by atoms with E-state index >= 15 is 0 Å². The van der Waals surface area contributed by atoms with Gasteiger partial charge in [-0.05, 0) is 43.0 Å². The molecule has 1 aliphatic heterocycles. The molecule has 0 fully saturated rings. The molecule has 0 saturated heterocycles. The van der Waals surface area contributed by atoms with E-state index in [1.807, 2.05) is 0 Å². The maximum atomic E-state index is 3.82. The molecule has 2 aromatic rings. The lowest BCUT2D eigenvalue weighted by Gasteiger charge is -2.24. The highest BCUT2D eigenvalue weighted by Gasteiger charge is 2.19. The highest BCUT2D eigenvalue weighted by molar-refractivity contribution is 5.31. The first-order chi connectivity index (χ1) is 10.3. The van der Waals surface area contributed by atoms with Gasteiger partial charge in [0.1, 0.15) is 0 Å². The lowest BCUT2D eigenvalue weighted by atomic mass is 9.97. The second-order valence-electron chi connectivity index (χ2n) is 5.97. The quantitative estimate of drug-likeness (QED) is 0.896. The van der Waals surface area contributed by atoms with Crippen LogP contribution >= 0.6 is 0 Å². The van der Waals surface area contributed by atoms with Crippen molar-refractivity contribution in [3.05, 3.63) is 71.3 Å². The molecular weight excluding hydrogens is 256 g/mol. The summed E-state index contributed by atoms with van der Waals surface area (Å²) in [6.45, 7) is 4.35. The van der Waals surface area contributed by atoms with Crippen LogP contribution in [0.25, 0.3) is 0 Å². The molecule has 0 amide bonds. The summed E-state index contributed by atoms with van der Waals surface area (Å²) in [5.41, 5.74) is 4.29. The van der Waals surface area contributed by atoms with E-state index in [4.69, 9.17) is 0 Å². The van der Waals surface area contributed by atoms with E-state index in [9.17, 15) is 0 Å². The van der Waals surface area contributed by atoms with Crippen LogP contribution in [-0.2, 0) is 13.0 Å². The fourth-order valence-electron chi connectivity index (χ4n) is 3.20. The molecule has 2 atom stereocenters. The van der Waals surface area contributed by atoms with Crippen molar-refractivity contribution in [2.75, 3.05) is 6.54 Å². The van der Waals surface area contributed by atoms with Crippen LogP contribution in [0.4, 0.5) is 0 Å². The van der Waals surface area contributed by atoms with Crippen molar-refractivity contribution in [2.24, 2.45) is 0 Å². The third-order valence-electron chi connectivity index (χ3n) is 4.23. The normalized spacial score (nSPS) is 19.6. The molecule has 0 aromatic heterocycles. The number of hydrogen-bond donors (Lipinski definition) is 2.